The number of nitro groups is 1. The first kappa shape index (κ1) is 26.5. The van der Waals surface area contributed by atoms with E-state index in [4.69, 9.17) is 4.18 Å². The van der Waals surface area contributed by atoms with Gasteiger partial charge in [-0.2, -0.15) is 12.7 Å². The molecule has 1 aromatic heterocycles. The summed E-state index contributed by atoms with van der Waals surface area (Å²) in [5.41, 5.74) is 2.11. The zero-order chi connectivity index (χ0) is 25.1. The number of sulfonamides is 1. The molecule has 11 nitrogen and oxygen atoms in total. The van der Waals surface area contributed by atoms with Crippen molar-refractivity contribution in [1.29, 1.82) is 0 Å². The van der Waals surface area contributed by atoms with Gasteiger partial charge >= 0.3 is 0 Å². The first-order valence-corrected chi connectivity index (χ1v) is 14.7. The van der Waals surface area contributed by atoms with Crippen molar-refractivity contribution < 1.29 is 25.9 Å². The Labute approximate surface area is 207 Å². The van der Waals surface area contributed by atoms with E-state index in [-0.39, 0.29) is 42.5 Å². The average Bonchev–Trinajstić information content (AvgIpc) is 2.76. The number of pyridine rings is 1. The van der Waals surface area contributed by atoms with Crippen LogP contribution in [0.4, 0.5) is 11.4 Å². The third kappa shape index (κ3) is 6.10. The Kier molecular flexibility index (Phi) is 8.29. The summed E-state index contributed by atoms with van der Waals surface area (Å²) in [5, 5.41) is 12.0. The Balaban J connectivity index is 2.08. The summed E-state index contributed by atoms with van der Waals surface area (Å²) in [5.74, 6) is 0. The number of hydrogen-bond donors (Lipinski definition) is 0. The second-order valence-electron chi connectivity index (χ2n) is 7.80. The predicted molar refractivity (Wildman–Crippen MR) is 130 cm³/mol. The first-order valence-electron chi connectivity index (χ1n) is 10.3. The number of rotatable bonds is 10. The molecule has 1 aromatic carbocycles. The Hall–Kier alpha value is -2.13. The number of nitrogens with zero attached hydrogens (tertiary/aromatic N) is 4. The minimum Gasteiger partial charge on any atom is -0.367 e. The second-order valence-corrected chi connectivity index (χ2v) is 12.1. The minimum atomic E-state index is -4.14. The Morgan fingerprint density at radius 2 is 1.97 bits per heavy atom. The van der Waals surface area contributed by atoms with Crippen LogP contribution in [0.15, 0.2) is 35.5 Å². The summed E-state index contributed by atoms with van der Waals surface area (Å²) in [6, 6.07) is 4.14. The van der Waals surface area contributed by atoms with Gasteiger partial charge in [0.05, 0.1) is 23.5 Å². The standard InChI is InChI=1S/C20H25BrN4O7S2/c1-15-11-18(25(26)27)12-19(20(15)23(8-5-21)9-10-32-33(2,28)29)34(30,31)24-7-4-16-13-22-6-3-17(16)14-24/h3,6,11-13H,4-5,7-10,14H2,1-2H3. The lowest BCUT2D eigenvalue weighted by molar-refractivity contribution is -0.385. The van der Waals surface area contributed by atoms with Crippen LogP contribution in [0.5, 0.6) is 0 Å². The molecule has 0 amide bonds. The summed E-state index contributed by atoms with van der Waals surface area (Å²) >= 11 is 3.34. The van der Waals surface area contributed by atoms with Gasteiger partial charge in [-0.25, -0.2) is 8.42 Å². The zero-order valence-corrected chi connectivity index (χ0v) is 21.9. The van der Waals surface area contributed by atoms with E-state index in [0.29, 0.717) is 23.9 Å². The topological polar surface area (TPSA) is 140 Å². The van der Waals surface area contributed by atoms with Crippen LogP contribution in [0.2, 0.25) is 0 Å². The van der Waals surface area contributed by atoms with Crippen molar-refractivity contribution in [2.24, 2.45) is 0 Å². The highest BCUT2D eigenvalue weighted by Gasteiger charge is 2.34. The quantitative estimate of drug-likeness (QED) is 0.180. The number of anilines is 1. The average molecular weight is 577 g/mol. The number of halogens is 1. The van der Waals surface area contributed by atoms with E-state index in [0.717, 1.165) is 23.4 Å². The van der Waals surface area contributed by atoms with Crippen LogP contribution in [0.3, 0.4) is 0 Å². The molecular formula is C20H25BrN4O7S2. The van der Waals surface area contributed by atoms with E-state index in [1.54, 1.807) is 30.3 Å². The summed E-state index contributed by atoms with van der Waals surface area (Å²) in [4.78, 5) is 16.5. The molecule has 0 saturated heterocycles. The molecule has 186 valence electrons. The zero-order valence-electron chi connectivity index (χ0n) is 18.7. The summed E-state index contributed by atoms with van der Waals surface area (Å²) in [7, 11) is -7.83. The summed E-state index contributed by atoms with van der Waals surface area (Å²) in [6.45, 7) is 2.11. The molecule has 0 radical (unpaired) electrons. The van der Waals surface area contributed by atoms with Gasteiger partial charge in [0.2, 0.25) is 10.0 Å². The van der Waals surface area contributed by atoms with Crippen molar-refractivity contribution in [1.82, 2.24) is 9.29 Å². The monoisotopic (exact) mass is 576 g/mol. The summed E-state index contributed by atoms with van der Waals surface area (Å²) in [6.07, 6.45) is 4.71. The lowest BCUT2D eigenvalue weighted by atomic mass is 10.0. The van der Waals surface area contributed by atoms with E-state index >= 15 is 0 Å². The molecule has 14 heteroatoms. The molecule has 3 rings (SSSR count). The third-order valence-corrected chi connectivity index (χ3v) is 8.20. The molecule has 0 aliphatic carbocycles. The molecule has 34 heavy (non-hydrogen) atoms. The molecule has 2 aromatic rings. The van der Waals surface area contributed by atoms with Crippen molar-refractivity contribution in [3.63, 3.8) is 0 Å². The maximum absolute atomic E-state index is 13.8. The van der Waals surface area contributed by atoms with E-state index in [1.807, 2.05) is 0 Å². The van der Waals surface area contributed by atoms with Crippen molar-refractivity contribution in [2.75, 3.05) is 42.7 Å². The van der Waals surface area contributed by atoms with E-state index in [2.05, 4.69) is 20.9 Å². The SMILES string of the molecule is Cc1cc([N+](=O)[O-])cc(S(=O)(=O)N2CCc3cnccc3C2)c1N(CCBr)CCOS(C)(=O)=O. The van der Waals surface area contributed by atoms with Gasteiger partial charge in [-0.3, -0.25) is 19.3 Å². The molecule has 1 aliphatic heterocycles. The Bertz CT molecular complexity index is 1290. The largest absolute Gasteiger partial charge is 0.367 e. The summed E-state index contributed by atoms with van der Waals surface area (Å²) < 4.78 is 56.6. The second kappa shape index (κ2) is 10.6. The van der Waals surface area contributed by atoms with Gasteiger partial charge in [-0.05, 0) is 36.1 Å². The first-order chi connectivity index (χ1) is 15.9. The lowest BCUT2D eigenvalue weighted by Crippen LogP contribution is -2.38. The fourth-order valence-corrected chi connectivity index (χ4v) is 6.39. The number of aryl methyl sites for hydroxylation is 1. The van der Waals surface area contributed by atoms with Crippen LogP contribution in [0.1, 0.15) is 16.7 Å². The smallest absolute Gasteiger partial charge is 0.271 e. The molecule has 0 N–H and O–H groups in total. The highest BCUT2D eigenvalue weighted by molar-refractivity contribution is 9.09. The maximum atomic E-state index is 13.8. The molecular weight excluding hydrogens is 552 g/mol. The number of hydrogen-bond acceptors (Lipinski definition) is 9. The van der Waals surface area contributed by atoms with Gasteiger partial charge in [0.15, 0.2) is 0 Å². The highest BCUT2D eigenvalue weighted by atomic mass is 79.9. The van der Waals surface area contributed by atoms with Gasteiger partial charge in [0, 0.05) is 56.0 Å². The molecule has 0 fully saturated rings. The van der Waals surface area contributed by atoms with Crippen molar-refractivity contribution in [3.8, 4) is 0 Å². The molecule has 0 spiro atoms. The number of aromatic nitrogens is 1. The molecule has 0 atom stereocenters. The fourth-order valence-electron chi connectivity index (χ4n) is 3.87. The van der Waals surface area contributed by atoms with E-state index < -0.39 is 25.1 Å². The van der Waals surface area contributed by atoms with Crippen molar-refractivity contribution >= 4 is 47.4 Å². The van der Waals surface area contributed by atoms with Crippen LogP contribution in [-0.2, 0) is 37.3 Å². The van der Waals surface area contributed by atoms with Crippen LogP contribution in [0.25, 0.3) is 0 Å². The molecule has 0 saturated carbocycles. The normalized spacial score (nSPS) is 14.6. The number of benzene rings is 1. The van der Waals surface area contributed by atoms with Crippen molar-refractivity contribution in [3.05, 3.63) is 57.4 Å². The fraction of sp³-hybridized carbons (Fsp3) is 0.450. The van der Waals surface area contributed by atoms with Gasteiger partial charge in [-0.1, -0.05) is 15.9 Å². The van der Waals surface area contributed by atoms with Crippen LogP contribution in [0, 0.1) is 17.0 Å². The number of alkyl halides is 1. The predicted octanol–water partition coefficient (Wildman–Crippen LogP) is 2.22. The highest BCUT2D eigenvalue weighted by Crippen LogP contribution is 2.36. The third-order valence-electron chi connectivity index (χ3n) is 5.39. The lowest BCUT2D eigenvalue weighted by Gasteiger charge is -2.32. The van der Waals surface area contributed by atoms with Gasteiger partial charge in [0.1, 0.15) is 4.90 Å². The van der Waals surface area contributed by atoms with Crippen LogP contribution < -0.4 is 4.90 Å². The van der Waals surface area contributed by atoms with Crippen LogP contribution in [-0.4, -0.2) is 68.9 Å². The molecule has 0 unspecified atom stereocenters. The number of nitro benzene ring substituents is 1. The van der Waals surface area contributed by atoms with Crippen molar-refractivity contribution in [2.45, 2.75) is 24.8 Å². The Morgan fingerprint density at radius 1 is 1.24 bits per heavy atom. The number of non-ortho nitro benzene ring substituents is 1. The van der Waals surface area contributed by atoms with E-state index in [9.17, 15) is 26.9 Å². The van der Waals surface area contributed by atoms with E-state index in [1.165, 1.54) is 10.4 Å². The molecule has 2 heterocycles. The van der Waals surface area contributed by atoms with Gasteiger partial charge < -0.3 is 4.90 Å². The Morgan fingerprint density at radius 3 is 2.62 bits per heavy atom. The molecule has 1 aliphatic rings. The maximum Gasteiger partial charge on any atom is 0.271 e. The van der Waals surface area contributed by atoms with Gasteiger partial charge in [-0.15, -0.1) is 0 Å². The van der Waals surface area contributed by atoms with Gasteiger partial charge in [0.25, 0.3) is 15.8 Å². The minimum absolute atomic E-state index is 0.0638. The van der Waals surface area contributed by atoms with Crippen LogP contribution >= 0.6 is 15.9 Å². The number of fused-ring (bicyclic) bond motifs is 1. The molecule has 0 bridgehead atoms.